The summed E-state index contributed by atoms with van der Waals surface area (Å²) in [4.78, 5) is 36.3. The number of benzene rings is 2. The SMILES string of the molecule is O=C(O)c1cc([N+](=O)[O-])cc([N+](=O)[O-])c1N1CCN(Cc2ccccc2)CC1. The van der Waals surface area contributed by atoms with Crippen molar-refractivity contribution in [1.29, 1.82) is 0 Å². The molecule has 1 heterocycles. The highest BCUT2D eigenvalue weighted by molar-refractivity contribution is 5.98. The molecular formula is C18H18N4O6. The first-order valence-electron chi connectivity index (χ1n) is 8.58. The Morgan fingerprint density at radius 2 is 1.64 bits per heavy atom. The molecule has 3 rings (SSSR count). The molecule has 0 bridgehead atoms. The van der Waals surface area contributed by atoms with Gasteiger partial charge in [-0.1, -0.05) is 30.3 Å². The van der Waals surface area contributed by atoms with Gasteiger partial charge in [0.25, 0.3) is 11.4 Å². The number of hydrogen-bond donors (Lipinski definition) is 1. The van der Waals surface area contributed by atoms with E-state index in [1.165, 1.54) is 0 Å². The first kappa shape index (κ1) is 19.2. The smallest absolute Gasteiger partial charge is 0.338 e. The summed E-state index contributed by atoms with van der Waals surface area (Å²) >= 11 is 0. The number of non-ortho nitro benzene ring substituents is 1. The molecule has 10 heteroatoms. The van der Waals surface area contributed by atoms with Crippen LogP contribution in [-0.2, 0) is 6.54 Å². The van der Waals surface area contributed by atoms with Crippen LogP contribution in [0.3, 0.4) is 0 Å². The Morgan fingerprint density at radius 1 is 1.00 bits per heavy atom. The van der Waals surface area contributed by atoms with Crippen LogP contribution >= 0.6 is 0 Å². The van der Waals surface area contributed by atoms with Crippen molar-refractivity contribution in [2.24, 2.45) is 0 Å². The normalized spacial score (nSPS) is 14.6. The van der Waals surface area contributed by atoms with Crippen molar-refractivity contribution >= 4 is 23.0 Å². The van der Waals surface area contributed by atoms with Gasteiger partial charge in [0.05, 0.1) is 21.5 Å². The van der Waals surface area contributed by atoms with Crippen LogP contribution in [0.5, 0.6) is 0 Å². The molecule has 1 saturated heterocycles. The number of nitrogens with zero attached hydrogens (tertiary/aromatic N) is 4. The Morgan fingerprint density at radius 3 is 2.18 bits per heavy atom. The lowest BCUT2D eigenvalue weighted by Crippen LogP contribution is -2.46. The third-order valence-electron chi connectivity index (χ3n) is 4.65. The number of rotatable bonds is 6. The maximum Gasteiger partial charge on any atom is 0.338 e. The predicted octanol–water partition coefficient (Wildman–Crippen LogP) is 2.52. The van der Waals surface area contributed by atoms with Gasteiger partial charge in [0, 0.05) is 38.8 Å². The second-order valence-corrected chi connectivity index (χ2v) is 6.43. The molecule has 2 aromatic carbocycles. The molecule has 2 aromatic rings. The zero-order chi connectivity index (χ0) is 20.3. The van der Waals surface area contributed by atoms with Crippen LogP contribution in [0.1, 0.15) is 15.9 Å². The second kappa shape index (κ2) is 8.01. The van der Waals surface area contributed by atoms with Gasteiger partial charge in [-0.2, -0.15) is 0 Å². The average molecular weight is 386 g/mol. The first-order chi connectivity index (χ1) is 13.4. The number of nitro benzene ring substituents is 2. The van der Waals surface area contributed by atoms with Gasteiger partial charge >= 0.3 is 5.97 Å². The number of carboxylic acid groups (broad SMARTS) is 1. The molecule has 0 unspecified atom stereocenters. The van der Waals surface area contributed by atoms with Crippen molar-refractivity contribution in [3.05, 3.63) is 73.8 Å². The molecule has 1 fully saturated rings. The molecule has 1 N–H and O–H groups in total. The van der Waals surface area contributed by atoms with Crippen molar-refractivity contribution in [3.63, 3.8) is 0 Å². The van der Waals surface area contributed by atoms with E-state index in [9.17, 15) is 30.1 Å². The highest BCUT2D eigenvalue weighted by atomic mass is 16.6. The first-order valence-corrected chi connectivity index (χ1v) is 8.58. The molecule has 0 atom stereocenters. The number of aromatic carboxylic acids is 1. The van der Waals surface area contributed by atoms with E-state index in [0.29, 0.717) is 26.2 Å². The van der Waals surface area contributed by atoms with Crippen molar-refractivity contribution in [1.82, 2.24) is 4.90 Å². The largest absolute Gasteiger partial charge is 0.478 e. The molecule has 146 valence electrons. The zero-order valence-electron chi connectivity index (χ0n) is 14.9. The summed E-state index contributed by atoms with van der Waals surface area (Å²) in [5.41, 5.74) is -0.554. The fourth-order valence-electron chi connectivity index (χ4n) is 3.32. The van der Waals surface area contributed by atoms with E-state index < -0.39 is 32.8 Å². The van der Waals surface area contributed by atoms with Crippen molar-refractivity contribution in [2.75, 3.05) is 31.1 Å². The summed E-state index contributed by atoms with van der Waals surface area (Å²) in [7, 11) is 0. The minimum atomic E-state index is -1.44. The van der Waals surface area contributed by atoms with Crippen LogP contribution in [0, 0.1) is 20.2 Å². The van der Waals surface area contributed by atoms with Crippen LogP contribution in [0.2, 0.25) is 0 Å². The number of hydrogen-bond acceptors (Lipinski definition) is 7. The summed E-state index contributed by atoms with van der Waals surface area (Å²) in [6, 6.07) is 11.5. The molecule has 0 amide bonds. The number of nitro groups is 2. The van der Waals surface area contributed by atoms with Crippen LogP contribution in [0.4, 0.5) is 17.1 Å². The molecule has 1 aliphatic heterocycles. The van der Waals surface area contributed by atoms with E-state index in [4.69, 9.17) is 0 Å². The topological polar surface area (TPSA) is 130 Å². The van der Waals surface area contributed by atoms with Crippen LogP contribution in [-0.4, -0.2) is 52.0 Å². The van der Waals surface area contributed by atoms with Crippen molar-refractivity contribution in [2.45, 2.75) is 6.54 Å². The third-order valence-corrected chi connectivity index (χ3v) is 4.65. The Labute approximate surface area is 159 Å². The Balaban J connectivity index is 1.86. The standard InChI is InChI=1S/C18H18N4O6/c23-18(24)15-10-14(21(25)26)11-16(22(27)28)17(15)20-8-6-19(7-9-20)12-13-4-2-1-3-5-13/h1-5,10-11H,6-9,12H2,(H,23,24). The van der Waals surface area contributed by atoms with E-state index in [2.05, 4.69) is 4.90 Å². The Hall–Kier alpha value is -3.53. The summed E-state index contributed by atoms with van der Waals surface area (Å²) in [6.07, 6.45) is 0. The molecule has 10 nitrogen and oxygen atoms in total. The minimum absolute atomic E-state index is 0.0811. The van der Waals surface area contributed by atoms with Crippen molar-refractivity contribution in [3.8, 4) is 0 Å². The van der Waals surface area contributed by atoms with Crippen LogP contribution in [0.15, 0.2) is 42.5 Å². The summed E-state index contributed by atoms with van der Waals surface area (Å²) in [6.45, 7) is 2.66. The van der Waals surface area contributed by atoms with Gasteiger partial charge in [-0.15, -0.1) is 0 Å². The van der Waals surface area contributed by atoms with Gasteiger partial charge in [-0.05, 0) is 5.56 Å². The highest BCUT2D eigenvalue weighted by Gasteiger charge is 2.32. The second-order valence-electron chi connectivity index (χ2n) is 6.43. The Kier molecular flexibility index (Phi) is 5.50. The van der Waals surface area contributed by atoms with Gasteiger partial charge in [0.1, 0.15) is 5.69 Å². The number of anilines is 1. The summed E-state index contributed by atoms with van der Waals surface area (Å²) in [5, 5.41) is 32.0. The van der Waals surface area contributed by atoms with Gasteiger partial charge in [-0.25, -0.2) is 4.79 Å². The molecule has 28 heavy (non-hydrogen) atoms. The number of carbonyl (C=O) groups is 1. The molecule has 0 aliphatic carbocycles. The van der Waals surface area contributed by atoms with Gasteiger partial charge in [0.2, 0.25) is 0 Å². The highest BCUT2D eigenvalue weighted by Crippen LogP contribution is 2.37. The number of carboxylic acids is 1. The van der Waals surface area contributed by atoms with E-state index in [1.54, 1.807) is 4.90 Å². The predicted molar refractivity (Wildman–Crippen MR) is 101 cm³/mol. The van der Waals surface area contributed by atoms with Gasteiger partial charge in [0.15, 0.2) is 0 Å². The maximum absolute atomic E-state index is 11.6. The minimum Gasteiger partial charge on any atom is -0.478 e. The quantitative estimate of drug-likeness (QED) is 0.592. The fourth-order valence-corrected chi connectivity index (χ4v) is 3.32. The van der Waals surface area contributed by atoms with Crippen LogP contribution < -0.4 is 4.90 Å². The maximum atomic E-state index is 11.6. The van der Waals surface area contributed by atoms with E-state index in [-0.39, 0.29) is 5.69 Å². The van der Waals surface area contributed by atoms with Gasteiger partial charge in [-0.3, -0.25) is 25.1 Å². The monoisotopic (exact) mass is 386 g/mol. The number of piperazine rings is 1. The van der Waals surface area contributed by atoms with E-state index in [1.807, 2.05) is 30.3 Å². The average Bonchev–Trinajstić information content (AvgIpc) is 2.68. The van der Waals surface area contributed by atoms with Gasteiger partial charge < -0.3 is 10.0 Å². The van der Waals surface area contributed by atoms with E-state index in [0.717, 1.165) is 24.2 Å². The summed E-state index contributed by atoms with van der Waals surface area (Å²) in [5.74, 6) is -1.44. The molecule has 1 aliphatic rings. The fraction of sp³-hybridized carbons (Fsp3) is 0.278. The molecular weight excluding hydrogens is 368 g/mol. The lowest BCUT2D eigenvalue weighted by molar-refractivity contribution is -0.393. The summed E-state index contributed by atoms with van der Waals surface area (Å²) < 4.78 is 0. The molecule has 0 radical (unpaired) electrons. The van der Waals surface area contributed by atoms with Crippen LogP contribution in [0.25, 0.3) is 0 Å². The lowest BCUT2D eigenvalue weighted by Gasteiger charge is -2.36. The molecule has 0 spiro atoms. The van der Waals surface area contributed by atoms with E-state index >= 15 is 0 Å². The third kappa shape index (κ3) is 4.07. The molecule has 0 saturated carbocycles. The zero-order valence-corrected chi connectivity index (χ0v) is 14.9. The lowest BCUT2D eigenvalue weighted by atomic mass is 10.1. The Bertz CT molecular complexity index is 875. The molecule has 0 aromatic heterocycles. The van der Waals surface area contributed by atoms with Crippen molar-refractivity contribution < 1.29 is 19.7 Å².